The van der Waals surface area contributed by atoms with E-state index in [1.807, 2.05) is 0 Å². The van der Waals surface area contributed by atoms with Crippen molar-refractivity contribution in [3.05, 3.63) is 0 Å². The molecule has 1 nitrogen and oxygen atoms in total. The summed E-state index contributed by atoms with van der Waals surface area (Å²) in [4.78, 5) is 0. The molecule has 0 unspecified atom stereocenters. The Bertz CT molecular complexity index is 206. The van der Waals surface area contributed by atoms with E-state index in [4.69, 9.17) is 0 Å². The molecule has 1 saturated heterocycles. The fourth-order valence-corrected chi connectivity index (χ4v) is 3.82. The van der Waals surface area contributed by atoms with E-state index in [9.17, 15) is 0 Å². The SMILES string of the molecule is CCCCCCCCCCC[N+]1(CCCC)CCCC1. The van der Waals surface area contributed by atoms with Gasteiger partial charge in [-0.1, -0.05) is 65.2 Å². The van der Waals surface area contributed by atoms with Crippen LogP contribution in [-0.2, 0) is 0 Å². The Morgan fingerprint density at radius 2 is 1.00 bits per heavy atom. The van der Waals surface area contributed by atoms with Crippen molar-refractivity contribution >= 4 is 0 Å². The molecule has 0 aliphatic carbocycles. The van der Waals surface area contributed by atoms with Crippen LogP contribution in [0.2, 0.25) is 0 Å². The highest BCUT2D eigenvalue weighted by molar-refractivity contribution is 4.56. The molecule has 0 N–H and O–H groups in total. The van der Waals surface area contributed by atoms with Gasteiger partial charge < -0.3 is 4.48 Å². The van der Waals surface area contributed by atoms with E-state index in [0.29, 0.717) is 0 Å². The largest absolute Gasteiger partial charge is 0.324 e. The fraction of sp³-hybridized carbons (Fsp3) is 1.00. The Hall–Kier alpha value is -0.0400. The summed E-state index contributed by atoms with van der Waals surface area (Å²) in [5, 5.41) is 0. The first-order valence-electron chi connectivity index (χ1n) is 9.68. The van der Waals surface area contributed by atoms with Crippen molar-refractivity contribution < 1.29 is 4.48 Å². The molecule has 1 aliphatic heterocycles. The lowest BCUT2D eigenvalue weighted by Gasteiger charge is -2.34. The van der Waals surface area contributed by atoms with Gasteiger partial charge in [0.2, 0.25) is 0 Å². The topological polar surface area (TPSA) is 0 Å². The zero-order valence-electron chi connectivity index (χ0n) is 14.5. The van der Waals surface area contributed by atoms with E-state index in [1.165, 1.54) is 114 Å². The van der Waals surface area contributed by atoms with Crippen molar-refractivity contribution in [1.82, 2.24) is 0 Å². The second-order valence-electron chi connectivity index (χ2n) is 7.13. The number of hydrogen-bond acceptors (Lipinski definition) is 0. The maximum absolute atomic E-state index is 2.34. The van der Waals surface area contributed by atoms with E-state index >= 15 is 0 Å². The third kappa shape index (κ3) is 7.67. The summed E-state index contributed by atoms with van der Waals surface area (Å²) in [7, 11) is 0. The Morgan fingerprint density at radius 1 is 0.550 bits per heavy atom. The molecule has 1 rings (SSSR count). The summed E-state index contributed by atoms with van der Waals surface area (Å²) >= 11 is 0. The van der Waals surface area contributed by atoms with Crippen LogP contribution in [0.4, 0.5) is 0 Å². The van der Waals surface area contributed by atoms with Gasteiger partial charge in [0.25, 0.3) is 0 Å². The van der Waals surface area contributed by atoms with Crippen LogP contribution in [0.15, 0.2) is 0 Å². The van der Waals surface area contributed by atoms with Gasteiger partial charge in [0, 0.05) is 12.8 Å². The van der Waals surface area contributed by atoms with Gasteiger partial charge in [-0.2, -0.15) is 0 Å². The van der Waals surface area contributed by atoms with E-state index in [-0.39, 0.29) is 0 Å². The standard InChI is InChI=1S/C19H40N/c1-3-5-7-8-9-10-11-12-13-17-20(16-6-4-2)18-14-15-19-20/h3-19H2,1-2H3/q+1. The highest BCUT2D eigenvalue weighted by Crippen LogP contribution is 2.22. The maximum atomic E-state index is 2.34. The minimum absolute atomic E-state index is 1.37. The van der Waals surface area contributed by atoms with Gasteiger partial charge in [0.15, 0.2) is 0 Å². The average molecular weight is 283 g/mol. The van der Waals surface area contributed by atoms with Crippen molar-refractivity contribution in [2.45, 2.75) is 97.3 Å². The van der Waals surface area contributed by atoms with Gasteiger partial charge >= 0.3 is 0 Å². The second-order valence-corrected chi connectivity index (χ2v) is 7.13. The molecule has 0 aromatic carbocycles. The molecule has 20 heavy (non-hydrogen) atoms. The number of unbranched alkanes of at least 4 members (excludes halogenated alkanes) is 9. The van der Waals surface area contributed by atoms with Crippen molar-refractivity contribution in [3.63, 3.8) is 0 Å². The summed E-state index contributed by atoms with van der Waals surface area (Å²) in [5.74, 6) is 0. The van der Waals surface area contributed by atoms with Crippen LogP contribution in [0.5, 0.6) is 0 Å². The Morgan fingerprint density at radius 3 is 1.55 bits per heavy atom. The van der Waals surface area contributed by atoms with Gasteiger partial charge in [-0.25, -0.2) is 0 Å². The minimum atomic E-state index is 1.37. The number of rotatable bonds is 13. The predicted octanol–water partition coefficient (Wildman–Crippen LogP) is 5.93. The third-order valence-corrected chi connectivity index (χ3v) is 5.24. The normalized spacial score (nSPS) is 17.7. The first-order valence-corrected chi connectivity index (χ1v) is 9.68. The Kier molecular flexibility index (Phi) is 10.4. The zero-order chi connectivity index (χ0) is 14.5. The van der Waals surface area contributed by atoms with Crippen LogP contribution in [0, 0.1) is 0 Å². The van der Waals surface area contributed by atoms with Gasteiger partial charge in [0.05, 0.1) is 26.2 Å². The van der Waals surface area contributed by atoms with E-state index < -0.39 is 0 Å². The molecule has 0 atom stereocenters. The molecule has 0 amide bonds. The monoisotopic (exact) mass is 282 g/mol. The fourth-order valence-electron chi connectivity index (χ4n) is 3.82. The molecule has 1 heterocycles. The van der Waals surface area contributed by atoms with Crippen molar-refractivity contribution in [2.24, 2.45) is 0 Å². The summed E-state index contributed by atoms with van der Waals surface area (Å²) in [6.45, 7) is 10.6. The molecular weight excluding hydrogens is 242 g/mol. The number of quaternary nitrogens is 1. The van der Waals surface area contributed by atoms with E-state index in [0.717, 1.165) is 0 Å². The van der Waals surface area contributed by atoms with Gasteiger partial charge in [-0.05, 0) is 19.3 Å². The molecular formula is C19H40N+. The van der Waals surface area contributed by atoms with Crippen molar-refractivity contribution in [2.75, 3.05) is 26.2 Å². The lowest BCUT2D eigenvalue weighted by molar-refractivity contribution is -0.917. The summed E-state index contributed by atoms with van der Waals surface area (Å²) in [5.41, 5.74) is 0. The molecule has 0 saturated carbocycles. The Balaban J connectivity index is 1.98. The van der Waals surface area contributed by atoms with E-state index in [2.05, 4.69) is 13.8 Å². The average Bonchev–Trinajstić information content (AvgIpc) is 2.93. The molecule has 1 aliphatic rings. The number of nitrogens with zero attached hydrogens (tertiary/aromatic N) is 1. The van der Waals surface area contributed by atoms with Crippen LogP contribution >= 0.6 is 0 Å². The molecule has 0 bridgehead atoms. The van der Waals surface area contributed by atoms with Crippen molar-refractivity contribution in [1.29, 1.82) is 0 Å². The predicted molar refractivity (Wildman–Crippen MR) is 91.1 cm³/mol. The van der Waals surface area contributed by atoms with Gasteiger partial charge in [-0.3, -0.25) is 0 Å². The minimum Gasteiger partial charge on any atom is -0.324 e. The molecule has 1 heteroatoms. The third-order valence-electron chi connectivity index (χ3n) is 5.24. The molecule has 0 aromatic heterocycles. The molecule has 0 aromatic rings. The van der Waals surface area contributed by atoms with Crippen LogP contribution in [0.3, 0.4) is 0 Å². The lowest BCUT2D eigenvalue weighted by atomic mass is 10.1. The second kappa shape index (κ2) is 11.6. The lowest BCUT2D eigenvalue weighted by Crippen LogP contribution is -2.46. The summed E-state index contributed by atoms with van der Waals surface area (Å²) in [6.07, 6.45) is 19.0. The van der Waals surface area contributed by atoms with Crippen LogP contribution in [-0.4, -0.2) is 30.7 Å². The number of hydrogen-bond donors (Lipinski definition) is 0. The zero-order valence-corrected chi connectivity index (χ0v) is 14.5. The molecule has 120 valence electrons. The highest BCUT2D eigenvalue weighted by Gasteiger charge is 2.30. The maximum Gasteiger partial charge on any atom is 0.0788 e. The van der Waals surface area contributed by atoms with Gasteiger partial charge in [-0.15, -0.1) is 0 Å². The summed E-state index contributed by atoms with van der Waals surface area (Å²) < 4.78 is 1.48. The molecule has 0 spiro atoms. The van der Waals surface area contributed by atoms with Crippen LogP contribution in [0.25, 0.3) is 0 Å². The smallest absolute Gasteiger partial charge is 0.0788 e. The van der Waals surface area contributed by atoms with Crippen LogP contribution in [0.1, 0.15) is 97.3 Å². The van der Waals surface area contributed by atoms with Gasteiger partial charge in [0.1, 0.15) is 0 Å². The van der Waals surface area contributed by atoms with E-state index in [1.54, 1.807) is 0 Å². The number of likely N-dealkylation sites (tertiary alicyclic amines) is 1. The van der Waals surface area contributed by atoms with Crippen LogP contribution < -0.4 is 0 Å². The Labute approximate surface area is 128 Å². The first kappa shape index (κ1) is 18.0. The van der Waals surface area contributed by atoms with Crippen molar-refractivity contribution in [3.8, 4) is 0 Å². The summed E-state index contributed by atoms with van der Waals surface area (Å²) in [6, 6.07) is 0. The highest BCUT2D eigenvalue weighted by atomic mass is 15.4. The molecule has 0 radical (unpaired) electrons. The molecule has 1 fully saturated rings. The quantitative estimate of drug-likeness (QED) is 0.290. The first-order chi connectivity index (χ1) is 9.83.